The fourth-order valence-corrected chi connectivity index (χ4v) is 2.51. The number of nitrogens with zero attached hydrogens (tertiary/aromatic N) is 1. The molecule has 0 atom stereocenters. The Morgan fingerprint density at radius 3 is 2.39 bits per heavy atom. The molecule has 0 aromatic heterocycles. The zero-order valence-corrected chi connectivity index (χ0v) is 10.5. The third-order valence-electron chi connectivity index (χ3n) is 3.79. The minimum atomic E-state index is -0.834. The Hall–Kier alpha value is -1.58. The molecule has 18 heavy (non-hydrogen) atoms. The Morgan fingerprint density at radius 1 is 1.33 bits per heavy atom. The Morgan fingerprint density at radius 2 is 1.89 bits per heavy atom. The van der Waals surface area contributed by atoms with E-state index in [1.54, 1.807) is 0 Å². The van der Waals surface area contributed by atoms with Crippen molar-refractivity contribution in [2.24, 2.45) is 5.41 Å². The molecule has 2 rings (SSSR count). The summed E-state index contributed by atoms with van der Waals surface area (Å²) >= 11 is 0. The third-order valence-corrected chi connectivity index (χ3v) is 3.79. The molecule has 1 aliphatic rings. The summed E-state index contributed by atoms with van der Waals surface area (Å²) in [5, 5.41) is 8.91. The van der Waals surface area contributed by atoms with Gasteiger partial charge in [-0.3, -0.25) is 0 Å². The Kier molecular flexibility index (Phi) is 3.55. The van der Waals surface area contributed by atoms with E-state index >= 15 is 0 Å². The summed E-state index contributed by atoms with van der Waals surface area (Å²) in [7, 11) is 0. The molecule has 0 unspecified atom stereocenters. The van der Waals surface area contributed by atoms with E-state index in [1.807, 2.05) is 12.1 Å². The van der Waals surface area contributed by atoms with Gasteiger partial charge in [0.05, 0.1) is 0 Å². The van der Waals surface area contributed by atoms with Crippen LogP contribution in [0.2, 0.25) is 0 Å². The van der Waals surface area contributed by atoms with E-state index in [4.69, 9.17) is 5.11 Å². The average molecular weight is 251 g/mol. The molecule has 1 aromatic carbocycles. The standard InChI is InChI=1S/C14H18FNO2/c1-14(6-8-16(9-7-14)13(17)18)10-11-2-4-12(15)5-3-11/h2-5H,6-10H2,1H3,(H,17,18). The topological polar surface area (TPSA) is 40.5 Å². The summed E-state index contributed by atoms with van der Waals surface area (Å²) in [6.07, 6.45) is 1.76. The zero-order valence-electron chi connectivity index (χ0n) is 10.5. The van der Waals surface area contributed by atoms with Crippen molar-refractivity contribution in [3.8, 4) is 0 Å². The molecule has 0 aliphatic carbocycles. The maximum Gasteiger partial charge on any atom is 0.407 e. The first kappa shape index (κ1) is 12.9. The second kappa shape index (κ2) is 4.96. The van der Waals surface area contributed by atoms with Crippen LogP contribution in [0, 0.1) is 11.2 Å². The molecule has 1 saturated heterocycles. The van der Waals surface area contributed by atoms with E-state index in [9.17, 15) is 9.18 Å². The average Bonchev–Trinajstić information content (AvgIpc) is 2.32. The SMILES string of the molecule is CC1(Cc2ccc(F)cc2)CCN(C(=O)O)CC1. The monoisotopic (exact) mass is 251 g/mol. The molecule has 0 bridgehead atoms. The molecule has 0 spiro atoms. The van der Waals surface area contributed by atoms with Crippen molar-refractivity contribution in [1.29, 1.82) is 0 Å². The number of halogens is 1. The molecule has 1 aliphatic heterocycles. The van der Waals surface area contributed by atoms with E-state index in [2.05, 4.69) is 6.92 Å². The van der Waals surface area contributed by atoms with Crippen LogP contribution in [0.4, 0.5) is 9.18 Å². The number of amides is 1. The molecule has 98 valence electrons. The minimum Gasteiger partial charge on any atom is -0.465 e. The zero-order chi connectivity index (χ0) is 13.2. The highest BCUT2D eigenvalue weighted by Gasteiger charge is 2.31. The highest BCUT2D eigenvalue weighted by Crippen LogP contribution is 2.34. The van der Waals surface area contributed by atoms with Gasteiger partial charge in [0, 0.05) is 13.1 Å². The van der Waals surface area contributed by atoms with Gasteiger partial charge in [0.25, 0.3) is 0 Å². The molecule has 3 nitrogen and oxygen atoms in total. The highest BCUT2D eigenvalue weighted by atomic mass is 19.1. The fourth-order valence-electron chi connectivity index (χ4n) is 2.51. The van der Waals surface area contributed by atoms with Gasteiger partial charge in [-0.25, -0.2) is 9.18 Å². The summed E-state index contributed by atoms with van der Waals surface area (Å²) in [4.78, 5) is 12.3. The second-order valence-electron chi connectivity index (χ2n) is 5.38. The lowest BCUT2D eigenvalue weighted by atomic mass is 9.75. The normalized spacial score (nSPS) is 18.7. The van der Waals surface area contributed by atoms with Crippen molar-refractivity contribution in [2.75, 3.05) is 13.1 Å². The summed E-state index contributed by atoms with van der Waals surface area (Å²) in [6, 6.07) is 6.57. The Labute approximate surface area is 106 Å². The van der Waals surface area contributed by atoms with Gasteiger partial charge in [-0.1, -0.05) is 19.1 Å². The number of carboxylic acid groups (broad SMARTS) is 1. The van der Waals surface area contributed by atoms with Gasteiger partial charge in [0.2, 0.25) is 0 Å². The lowest BCUT2D eigenvalue weighted by molar-refractivity contribution is 0.0975. The molecular weight excluding hydrogens is 233 g/mol. The van der Waals surface area contributed by atoms with Gasteiger partial charge >= 0.3 is 6.09 Å². The predicted octanol–water partition coefficient (Wildman–Crippen LogP) is 3.15. The second-order valence-corrected chi connectivity index (χ2v) is 5.38. The first-order valence-corrected chi connectivity index (χ1v) is 6.21. The predicted molar refractivity (Wildman–Crippen MR) is 67.0 cm³/mol. The highest BCUT2D eigenvalue weighted by molar-refractivity contribution is 5.65. The summed E-state index contributed by atoms with van der Waals surface area (Å²) in [5.41, 5.74) is 1.23. The van der Waals surface area contributed by atoms with Crippen molar-refractivity contribution in [3.05, 3.63) is 35.6 Å². The van der Waals surface area contributed by atoms with Gasteiger partial charge < -0.3 is 10.0 Å². The first-order chi connectivity index (χ1) is 8.48. The number of piperidine rings is 1. The maximum absolute atomic E-state index is 12.8. The summed E-state index contributed by atoms with van der Waals surface area (Å²) in [5.74, 6) is -0.218. The molecule has 0 radical (unpaired) electrons. The van der Waals surface area contributed by atoms with Crippen LogP contribution in [0.3, 0.4) is 0 Å². The number of carbonyl (C=O) groups is 1. The number of likely N-dealkylation sites (tertiary alicyclic amines) is 1. The Balaban J connectivity index is 1.97. The largest absolute Gasteiger partial charge is 0.465 e. The van der Waals surface area contributed by atoms with Crippen molar-refractivity contribution >= 4 is 6.09 Å². The smallest absolute Gasteiger partial charge is 0.407 e. The van der Waals surface area contributed by atoms with E-state index in [-0.39, 0.29) is 11.2 Å². The van der Waals surface area contributed by atoms with Gasteiger partial charge in [0.1, 0.15) is 5.82 Å². The van der Waals surface area contributed by atoms with Crippen molar-refractivity contribution < 1.29 is 14.3 Å². The number of hydrogen-bond acceptors (Lipinski definition) is 1. The van der Waals surface area contributed by atoms with E-state index in [1.165, 1.54) is 17.0 Å². The van der Waals surface area contributed by atoms with Gasteiger partial charge in [-0.15, -0.1) is 0 Å². The number of hydrogen-bond donors (Lipinski definition) is 1. The van der Waals surface area contributed by atoms with Crippen LogP contribution >= 0.6 is 0 Å². The number of benzene rings is 1. The van der Waals surface area contributed by atoms with Crippen LogP contribution in [0.5, 0.6) is 0 Å². The Bertz CT molecular complexity index is 422. The van der Waals surface area contributed by atoms with Crippen molar-refractivity contribution in [3.63, 3.8) is 0 Å². The number of rotatable bonds is 2. The molecule has 0 saturated carbocycles. The van der Waals surface area contributed by atoms with E-state index in [0.717, 1.165) is 24.8 Å². The van der Waals surface area contributed by atoms with Crippen molar-refractivity contribution in [2.45, 2.75) is 26.2 Å². The summed E-state index contributed by atoms with van der Waals surface area (Å²) in [6.45, 7) is 3.36. The molecule has 4 heteroatoms. The van der Waals surface area contributed by atoms with Crippen LogP contribution in [-0.4, -0.2) is 29.2 Å². The molecule has 1 N–H and O–H groups in total. The van der Waals surface area contributed by atoms with Gasteiger partial charge in [0.15, 0.2) is 0 Å². The first-order valence-electron chi connectivity index (χ1n) is 6.21. The summed E-state index contributed by atoms with van der Waals surface area (Å²) < 4.78 is 12.8. The quantitative estimate of drug-likeness (QED) is 0.877. The lowest BCUT2D eigenvalue weighted by Gasteiger charge is -2.38. The van der Waals surface area contributed by atoms with Gasteiger partial charge in [-0.2, -0.15) is 0 Å². The van der Waals surface area contributed by atoms with E-state index < -0.39 is 6.09 Å². The molecule has 1 amide bonds. The van der Waals surface area contributed by atoms with Crippen LogP contribution in [0.15, 0.2) is 24.3 Å². The van der Waals surface area contributed by atoms with Crippen LogP contribution in [-0.2, 0) is 6.42 Å². The third kappa shape index (κ3) is 3.00. The molecule has 1 aromatic rings. The van der Waals surface area contributed by atoms with Gasteiger partial charge in [-0.05, 0) is 42.4 Å². The molecule has 1 heterocycles. The van der Waals surface area contributed by atoms with E-state index in [0.29, 0.717) is 13.1 Å². The minimum absolute atomic E-state index is 0.115. The molecular formula is C14H18FNO2. The van der Waals surface area contributed by atoms with Crippen LogP contribution < -0.4 is 0 Å². The lowest BCUT2D eigenvalue weighted by Crippen LogP contribution is -2.42. The van der Waals surface area contributed by atoms with Crippen LogP contribution in [0.25, 0.3) is 0 Å². The van der Waals surface area contributed by atoms with Crippen molar-refractivity contribution in [1.82, 2.24) is 4.90 Å². The van der Waals surface area contributed by atoms with Crippen LogP contribution in [0.1, 0.15) is 25.3 Å². The molecule has 1 fully saturated rings. The fraction of sp³-hybridized carbons (Fsp3) is 0.500. The maximum atomic E-state index is 12.8.